The molecule has 2 aromatic carbocycles. The lowest BCUT2D eigenvalue weighted by molar-refractivity contribution is 0.249. The predicted octanol–water partition coefficient (Wildman–Crippen LogP) is 4.37. The average molecular weight is 323 g/mol. The number of carbonyl (C=O) groups is 1. The highest BCUT2D eigenvalue weighted by molar-refractivity contribution is 6.30. The number of benzene rings is 2. The van der Waals surface area contributed by atoms with Gasteiger partial charge in [-0.25, -0.2) is 9.18 Å². The lowest BCUT2D eigenvalue weighted by Crippen LogP contribution is -2.31. The fraction of sp³-hybridized carbons (Fsp3) is 0.188. The molecule has 0 radical (unpaired) electrons. The quantitative estimate of drug-likeness (QED) is 0.878. The van der Waals surface area contributed by atoms with E-state index in [9.17, 15) is 9.18 Å². The molecule has 0 heterocycles. The summed E-state index contributed by atoms with van der Waals surface area (Å²) in [6.07, 6.45) is 0. The minimum absolute atomic E-state index is 0.0730. The van der Waals surface area contributed by atoms with Crippen LogP contribution in [0.2, 0.25) is 5.02 Å². The molecule has 2 aromatic rings. The summed E-state index contributed by atoms with van der Waals surface area (Å²) in [5.74, 6) is 0.156. The second-order valence-electron chi connectivity index (χ2n) is 4.72. The van der Waals surface area contributed by atoms with E-state index in [4.69, 9.17) is 16.3 Å². The Morgan fingerprint density at radius 3 is 2.50 bits per heavy atom. The molecule has 22 heavy (non-hydrogen) atoms. The predicted molar refractivity (Wildman–Crippen MR) is 85.0 cm³/mol. The van der Waals surface area contributed by atoms with E-state index in [1.165, 1.54) is 12.1 Å². The van der Waals surface area contributed by atoms with E-state index in [-0.39, 0.29) is 16.8 Å². The van der Waals surface area contributed by atoms with Crippen molar-refractivity contribution >= 4 is 23.3 Å². The third-order valence-corrected chi connectivity index (χ3v) is 3.38. The van der Waals surface area contributed by atoms with E-state index in [2.05, 4.69) is 10.6 Å². The molecular formula is C16H16ClFN2O2. The minimum Gasteiger partial charge on any atom is -0.497 e. The molecule has 0 spiro atoms. The Bertz CT molecular complexity index is 662. The minimum atomic E-state index is -0.584. The van der Waals surface area contributed by atoms with Gasteiger partial charge in [0, 0.05) is 5.02 Å². The fourth-order valence-corrected chi connectivity index (χ4v) is 2.08. The zero-order valence-corrected chi connectivity index (χ0v) is 12.9. The number of halogens is 2. The van der Waals surface area contributed by atoms with Crippen LogP contribution in [0.3, 0.4) is 0 Å². The van der Waals surface area contributed by atoms with Crippen LogP contribution in [-0.4, -0.2) is 13.1 Å². The highest BCUT2D eigenvalue weighted by Crippen LogP contribution is 2.20. The van der Waals surface area contributed by atoms with Crippen LogP contribution in [0.1, 0.15) is 18.5 Å². The molecule has 0 aliphatic heterocycles. The van der Waals surface area contributed by atoms with Gasteiger partial charge in [-0.05, 0) is 42.8 Å². The van der Waals surface area contributed by atoms with Crippen molar-refractivity contribution in [1.82, 2.24) is 5.32 Å². The zero-order valence-electron chi connectivity index (χ0n) is 12.2. The Morgan fingerprint density at radius 1 is 1.23 bits per heavy atom. The highest BCUT2D eigenvalue weighted by atomic mass is 35.5. The van der Waals surface area contributed by atoms with Crippen LogP contribution in [0, 0.1) is 5.82 Å². The second kappa shape index (κ2) is 7.13. The molecule has 0 saturated carbocycles. The Morgan fingerprint density at radius 2 is 1.91 bits per heavy atom. The molecule has 1 atom stereocenters. The summed E-state index contributed by atoms with van der Waals surface area (Å²) in [5, 5.41) is 5.46. The molecule has 0 saturated heterocycles. The summed E-state index contributed by atoms with van der Waals surface area (Å²) in [6.45, 7) is 1.83. The molecule has 0 bridgehead atoms. The van der Waals surface area contributed by atoms with Crippen LogP contribution in [0.25, 0.3) is 0 Å². The van der Waals surface area contributed by atoms with Gasteiger partial charge in [0.1, 0.15) is 11.6 Å². The number of carbonyl (C=O) groups excluding carboxylic acids is 1. The second-order valence-corrected chi connectivity index (χ2v) is 5.15. The summed E-state index contributed by atoms with van der Waals surface area (Å²) >= 11 is 5.66. The van der Waals surface area contributed by atoms with Crippen molar-refractivity contribution in [3.8, 4) is 5.75 Å². The van der Waals surface area contributed by atoms with E-state index in [1.54, 1.807) is 7.11 Å². The summed E-state index contributed by atoms with van der Waals surface area (Å²) in [6, 6.07) is 10.7. The lowest BCUT2D eigenvalue weighted by Gasteiger charge is -2.15. The number of methoxy groups -OCH3 is 1. The Balaban J connectivity index is 1.98. The van der Waals surface area contributed by atoms with E-state index in [1.807, 2.05) is 31.2 Å². The molecule has 2 rings (SSSR count). The summed E-state index contributed by atoms with van der Waals surface area (Å²) in [5.41, 5.74) is 0.983. The molecule has 2 amide bonds. The first-order chi connectivity index (χ1) is 10.5. The fourth-order valence-electron chi connectivity index (χ4n) is 1.92. The lowest BCUT2D eigenvalue weighted by atomic mass is 10.1. The number of urea groups is 1. The smallest absolute Gasteiger partial charge is 0.319 e. The maximum Gasteiger partial charge on any atom is 0.319 e. The number of nitrogens with one attached hydrogen (secondary N) is 2. The van der Waals surface area contributed by atoms with Crippen LogP contribution < -0.4 is 15.4 Å². The average Bonchev–Trinajstić information content (AvgIpc) is 2.50. The van der Waals surface area contributed by atoms with Crippen molar-refractivity contribution in [3.05, 3.63) is 58.9 Å². The van der Waals surface area contributed by atoms with Gasteiger partial charge >= 0.3 is 6.03 Å². The van der Waals surface area contributed by atoms with Crippen molar-refractivity contribution in [2.75, 3.05) is 12.4 Å². The van der Waals surface area contributed by atoms with Crippen LogP contribution >= 0.6 is 11.6 Å². The normalized spacial score (nSPS) is 11.6. The van der Waals surface area contributed by atoms with E-state index in [0.29, 0.717) is 0 Å². The summed E-state index contributed by atoms with van der Waals surface area (Å²) < 4.78 is 18.7. The molecule has 0 aliphatic rings. The largest absolute Gasteiger partial charge is 0.497 e. The Kier molecular flexibility index (Phi) is 5.22. The van der Waals surface area contributed by atoms with Gasteiger partial charge in [0.05, 0.1) is 18.8 Å². The zero-order chi connectivity index (χ0) is 16.1. The summed E-state index contributed by atoms with van der Waals surface area (Å²) in [4.78, 5) is 11.9. The van der Waals surface area contributed by atoms with Crippen molar-refractivity contribution in [3.63, 3.8) is 0 Å². The van der Waals surface area contributed by atoms with E-state index >= 15 is 0 Å². The molecule has 0 aromatic heterocycles. The van der Waals surface area contributed by atoms with Crippen LogP contribution in [0.5, 0.6) is 5.75 Å². The Labute approximate surface area is 133 Å². The van der Waals surface area contributed by atoms with Crippen LogP contribution in [0.4, 0.5) is 14.9 Å². The van der Waals surface area contributed by atoms with Crippen molar-refractivity contribution in [1.29, 1.82) is 0 Å². The molecule has 0 fully saturated rings. The molecule has 116 valence electrons. The standard InChI is InChI=1S/C16H16ClFN2O2/c1-10(11-3-6-13(22-2)7-4-11)19-16(21)20-15-8-5-12(17)9-14(15)18/h3-10H,1-2H3,(H2,19,20,21)/t10-/m1/s1. The molecule has 0 aliphatic carbocycles. The number of hydrogen-bond donors (Lipinski definition) is 2. The number of hydrogen-bond acceptors (Lipinski definition) is 2. The topological polar surface area (TPSA) is 50.4 Å². The van der Waals surface area contributed by atoms with Gasteiger partial charge in [-0.3, -0.25) is 0 Å². The van der Waals surface area contributed by atoms with Gasteiger partial charge in [0.15, 0.2) is 0 Å². The third kappa shape index (κ3) is 4.11. The first-order valence-electron chi connectivity index (χ1n) is 6.66. The number of amides is 2. The number of rotatable bonds is 4. The molecule has 0 unspecified atom stereocenters. The first-order valence-corrected chi connectivity index (χ1v) is 7.04. The van der Waals surface area contributed by atoms with Gasteiger partial charge < -0.3 is 15.4 Å². The van der Waals surface area contributed by atoms with Crippen molar-refractivity contribution < 1.29 is 13.9 Å². The molecule has 4 nitrogen and oxygen atoms in total. The third-order valence-electron chi connectivity index (χ3n) is 3.14. The van der Waals surface area contributed by atoms with Gasteiger partial charge in [-0.2, -0.15) is 0 Å². The molecule has 2 N–H and O–H groups in total. The van der Waals surface area contributed by atoms with Crippen molar-refractivity contribution in [2.45, 2.75) is 13.0 Å². The van der Waals surface area contributed by atoms with Gasteiger partial charge in [-0.15, -0.1) is 0 Å². The molecule has 6 heteroatoms. The van der Waals surface area contributed by atoms with E-state index in [0.717, 1.165) is 17.4 Å². The highest BCUT2D eigenvalue weighted by Gasteiger charge is 2.11. The maximum absolute atomic E-state index is 13.6. The van der Waals surface area contributed by atoms with Crippen LogP contribution in [-0.2, 0) is 0 Å². The molecular weight excluding hydrogens is 307 g/mol. The van der Waals surface area contributed by atoms with Gasteiger partial charge in [-0.1, -0.05) is 23.7 Å². The SMILES string of the molecule is COc1ccc([C@@H](C)NC(=O)Nc2ccc(Cl)cc2F)cc1. The maximum atomic E-state index is 13.6. The number of ether oxygens (including phenoxy) is 1. The Hall–Kier alpha value is -2.27. The monoisotopic (exact) mass is 322 g/mol. The van der Waals surface area contributed by atoms with Crippen LogP contribution in [0.15, 0.2) is 42.5 Å². The first kappa shape index (κ1) is 16.1. The van der Waals surface area contributed by atoms with E-state index < -0.39 is 11.8 Å². The summed E-state index contributed by atoms with van der Waals surface area (Å²) in [7, 11) is 1.59. The van der Waals surface area contributed by atoms with Gasteiger partial charge in [0.2, 0.25) is 0 Å². The van der Waals surface area contributed by atoms with Crippen molar-refractivity contribution in [2.24, 2.45) is 0 Å². The number of anilines is 1. The van der Waals surface area contributed by atoms with Gasteiger partial charge in [0.25, 0.3) is 0 Å².